The number of aromatic hydroxyl groups is 1. The van der Waals surface area contributed by atoms with Crippen molar-refractivity contribution in [2.75, 3.05) is 7.11 Å². The molecule has 2 N–H and O–H groups in total. The highest BCUT2D eigenvalue weighted by Gasteiger charge is 2.20. The third kappa shape index (κ3) is 4.14. The van der Waals surface area contributed by atoms with Gasteiger partial charge in [-0.2, -0.15) is 0 Å². The van der Waals surface area contributed by atoms with Crippen LogP contribution in [0.1, 0.15) is 16.6 Å². The van der Waals surface area contributed by atoms with E-state index in [0.29, 0.717) is 0 Å². The van der Waals surface area contributed by atoms with Crippen molar-refractivity contribution in [1.82, 2.24) is 5.32 Å². The number of esters is 1. The molecule has 1 rings (SSSR count). The molecule has 1 atom stereocenters. The highest BCUT2D eigenvalue weighted by molar-refractivity contribution is 5.83. The van der Waals surface area contributed by atoms with E-state index >= 15 is 0 Å². The maximum absolute atomic E-state index is 11.7. The van der Waals surface area contributed by atoms with E-state index in [4.69, 9.17) is 4.11 Å². The third-order valence-corrected chi connectivity index (χ3v) is 1.81. The number of methoxy groups -OCH3 is 1. The van der Waals surface area contributed by atoms with Gasteiger partial charge in [0.25, 0.3) is 0 Å². The lowest BCUT2D eigenvalue weighted by atomic mass is 10.1. The number of phenolic OH excluding ortho intramolecular Hbond substituents is 1. The monoisotopic (exact) mass is 240 g/mol. The highest BCUT2D eigenvalue weighted by atomic mass is 16.5. The van der Waals surface area contributed by atoms with Crippen LogP contribution in [0.3, 0.4) is 0 Å². The lowest BCUT2D eigenvalue weighted by molar-refractivity contribution is -0.144. The molecule has 0 saturated heterocycles. The summed E-state index contributed by atoms with van der Waals surface area (Å²) < 4.78 is 28.4. The van der Waals surface area contributed by atoms with Crippen molar-refractivity contribution >= 4 is 11.9 Å². The zero-order chi connectivity index (χ0) is 15.6. The van der Waals surface area contributed by atoms with Crippen LogP contribution in [0.2, 0.25) is 0 Å². The van der Waals surface area contributed by atoms with Gasteiger partial charge in [0, 0.05) is 16.0 Å². The van der Waals surface area contributed by atoms with Gasteiger partial charge in [-0.3, -0.25) is 4.79 Å². The fourth-order valence-corrected chi connectivity index (χ4v) is 1.14. The van der Waals surface area contributed by atoms with Gasteiger partial charge in [-0.05, 0) is 17.7 Å². The van der Waals surface area contributed by atoms with Crippen LogP contribution in [0.15, 0.2) is 24.3 Å². The van der Waals surface area contributed by atoms with Crippen LogP contribution in [0.4, 0.5) is 0 Å². The van der Waals surface area contributed by atoms with Crippen LogP contribution in [-0.2, 0) is 20.7 Å². The first-order valence-corrected chi connectivity index (χ1v) is 4.82. The molecule has 0 heterocycles. The fourth-order valence-electron chi connectivity index (χ4n) is 1.14. The molecule has 0 radical (unpaired) electrons. The molecule has 0 bridgehead atoms. The first-order valence-electron chi connectivity index (χ1n) is 6.32. The van der Waals surface area contributed by atoms with Gasteiger partial charge >= 0.3 is 5.97 Å². The largest absolute Gasteiger partial charge is 0.508 e. The number of hydrogen-bond acceptors (Lipinski definition) is 4. The summed E-state index contributed by atoms with van der Waals surface area (Å²) in [4.78, 5) is 22.9. The van der Waals surface area contributed by atoms with Crippen molar-refractivity contribution < 1.29 is 23.5 Å². The molecule has 0 saturated carbocycles. The standard InChI is InChI=1S/C12H15NO4/c1-8(14)13-11(12(16)17-2)7-9-4-3-5-10(15)6-9/h3-6,11,15H,7H2,1-2H3,(H,13,14)/i7D2,11D. The average Bonchev–Trinajstić information content (AvgIpc) is 2.36. The Bertz CT molecular complexity index is 535. The summed E-state index contributed by atoms with van der Waals surface area (Å²) in [6.45, 7) is 1.06. The summed E-state index contributed by atoms with van der Waals surface area (Å²) in [5.41, 5.74) is -0.133. The molecule has 0 fully saturated rings. The van der Waals surface area contributed by atoms with Crippen molar-refractivity contribution in [2.24, 2.45) is 0 Å². The number of ether oxygens (including phenoxy) is 1. The topological polar surface area (TPSA) is 75.6 Å². The predicted molar refractivity (Wildman–Crippen MR) is 61.4 cm³/mol. The number of carbonyl (C=O) groups excluding carboxylic acids is 2. The summed E-state index contributed by atoms with van der Waals surface area (Å²) in [6, 6.07) is 2.40. The van der Waals surface area contributed by atoms with Crippen LogP contribution in [0, 0.1) is 0 Å². The number of phenols is 1. The van der Waals surface area contributed by atoms with Gasteiger partial charge in [0.15, 0.2) is 0 Å². The number of amides is 1. The number of hydrogen-bond donors (Lipinski definition) is 2. The molecule has 5 heteroatoms. The molecule has 17 heavy (non-hydrogen) atoms. The number of benzene rings is 1. The van der Waals surface area contributed by atoms with E-state index in [2.05, 4.69) is 4.74 Å². The molecule has 5 nitrogen and oxygen atoms in total. The smallest absolute Gasteiger partial charge is 0.328 e. The lowest BCUT2D eigenvalue weighted by Gasteiger charge is -2.15. The van der Waals surface area contributed by atoms with E-state index in [1.807, 2.05) is 5.32 Å². The first kappa shape index (κ1) is 9.04. The minimum Gasteiger partial charge on any atom is -0.508 e. The quantitative estimate of drug-likeness (QED) is 0.756. The summed E-state index contributed by atoms with van der Waals surface area (Å²) >= 11 is 0. The zero-order valence-corrected chi connectivity index (χ0v) is 9.48. The minimum absolute atomic E-state index is 0.133. The van der Waals surface area contributed by atoms with Crippen molar-refractivity contribution in [3.05, 3.63) is 29.8 Å². The normalized spacial score (nSPS) is 16.9. The van der Waals surface area contributed by atoms with Crippen molar-refractivity contribution in [1.29, 1.82) is 0 Å². The summed E-state index contributed by atoms with van der Waals surface area (Å²) in [6.07, 6.45) is -2.61. The number of rotatable bonds is 4. The minimum atomic E-state index is -2.67. The van der Waals surface area contributed by atoms with E-state index in [1.165, 1.54) is 18.2 Å². The molecule has 0 aliphatic carbocycles. The Morgan fingerprint density at radius 3 is 2.88 bits per heavy atom. The van der Waals surface area contributed by atoms with Gasteiger partial charge in [-0.25, -0.2) is 4.79 Å². The van der Waals surface area contributed by atoms with Gasteiger partial charge in [0.2, 0.25) is 5.91 Å². The van der Waals surface area contributed by atoms with Crippen LogP contribution in [-0.4, -0.2) is 30.1 Å². The fraction of sp³-hybridized carbons (Fsp3) is 0.333. The molecule has 92 valence electrons. The molecule has 0 spiro atoms. The van der Waals surface area contributed by atoms with Gasteiger partial charge in [-0.1, -0.05) is 12.1 Å². The maximum atomic E-state index is 11.7. The number of nitrogens with one attached hydrogen (secondary N) is 1. The molecule has 1 unspecified atom stereocenters. The molecule has 1 aromatic carbocycles. The Kier molecular flexibility index (Phi) is 3.13. The van der Waals surface area contributed by atoms with Crippen molar-refractivity contribution in [2.45, 2.75) is 19.3 Å². The molecular weight excluding hydrogens is 222 g/mol. The van der Waals surface area contributed by atoms with Crippen LogP contribution in [0.25, 0.3) is 0 Å². The molecule has 0 aromatic heterocycles. The first-order chi connectivity index (χ1) is 9.15. The van der Waals surface area contributed by atoms with E-state index in [-0.39, 0.29) is 11.3 Å². The Hall–Kier alpha value is -2.04. The second-order valence-corrected chi connectivity index (χ2v) is 3.22. The highest BCUT2D eigenvalue weighted by Crippen LogP contribution is 2.13. The SMILES string of the molecule is [2H]C(NC(C)=O)(C(=O)OC)C([2H])([2H])c1cccc(O)c1. The Labute approximate surface area is 104 Å². The molecule has 1 aromatic rings. The summed E-state index contributed by atoms with van der Waals surface area (Å²) in [5, 5.41) is 11.4. The molecular formula is C12H15NO4. The average molecular weight is 240 g/mol. The lowest BCUT2D eigenvalue weighted by Crippen LogP contribution is -2.41. The molecule has 0 aliphatic rings. The van der Waals surface area contributed by atoms with Crippen LogP contribution < -0.4 is 5.32 Å². The summed E-state index contributed by atoms with van der Waals surface area (Å²) in [7, 11) is 0.992. The second kappa shape index (κ2) is 5.89. The van der Waals surface area contributed by atoms with Gasteiger partial charge in [0.05, 0.1) is 8.48 Å². The van der Waals surface area contributed by atoms with E-state index < -0.39 is 24.3 Å². The van der Waals surface area contributed by atoms with Crippen molar-refractivity contribution in [3.8, 4) is 5.75 Å². The van der Waals surface area contributed by atoms with E-state index in [9.17, 15) is 14.7 Å². The van der Waals surface area contributed by atoms with Gasteiger partial charge in [-0.15, -0.1) is 0 Å². The Balaban J connectivity index is 3.37. The van der Waals surface area contributed by atoms with Gasteiger partial charge in [0.1, 0.15) is 11.8 Å². The second-order valence-electron chi connectivity index (χ2n) is 3.22. The van der Waals surface area contributed by atoms with Crippen molar-refractivity contribution in [3.63, 3.8) is 0 Å². The predicted octanol–water partition coefficient (Wildman–Crippen LogP) is 0.612. The Morgan fingerprint density at radius 1 is 1.65 bits per heavy atom. The van der Waals surface area contributed by atoms with Crippen LogP contribution in [0.5, 0.6) is 5.75 Å². The number of carbonyl (C=O) groups is 2. The molecule has 0 aliphatic heterocycles. The third-order valence-electron chi connectivity index (χ3n) is 1.81. The maximum Gasteiger partial charge on any atom is 0.328 e. The van der Waals surface area contributed by atoms with E-state index in [1.54, 1.807) is 0 Å². The Morgan fingerprint density at radius 2 is 2.35 bits per heavy atom. The molecule has 1 amide bonds. The van der Waals surface area contributed by atoms with Gasteiger partial charge < -0.3 is 15.2 Å². The summed E-state index contributed by atoms with van der Waals surface area (Å²) in [5.74, 6) is -2.23. The zero-order valence-electron chi connectivity index (χ0n) is 12.5. The van der Waals surface area contributed by atoms with Crippen LogP contribution >= 0.6 is 0 Å². The van der Waals surface area contributed by atoms with E-state index in [0.717, 1.165) is 20.1 Å².